The minimum absolute atomic E-state index is 0.0885. The number of fused-ring (bicyclic) bond motifs is 1. The molecule has 0 aliphatic heterocycles. The summed E-state index contributed by atoms with van der Waals surface area (Å²) in [6.07, 6.45) is 0.690. The van der Waals surface area contributed by atoms with Crippen LogP contribution in [0.1, 0.15) is 24.1 Å². The summed E-state index contributed by atoms with van der Waals surface area (Å²) in [5.74, 6) is -1.90. The predicted molar refractivity (Wildman–Crippen MR) is 123 cm³/mol. The number of aromatic nitrogens is 7. The molecule has 14 heteroatoms. The molecule has 0 saturated carbocycles. The van der Waals surface area contributed by atoms with Gasteiger partial charge in [-0.15, -0.1) is 0 Å². The summed E-state index contributed by atoms with van der Waals surface area (Å²) in [5, 5.41) is 24.3. The van der Waals surface area contributed by atoms with Gasteiger partial charge < -0.3 is 5.11 Å². The van der Waals surface area contributed by atoms with Gasteiger partial charge in [-0.25, -0.2) is 27.8 Å². The van der Waals surface area contributed by atoms with E-state index in [9.17, 15) is 31.9 Å². The average Bonchev–Trinajstić information content (AvgIpc) is 3.53. The van der Waals surface area contributed by atoms with Crippen molar-refractivity contribution >= 4 is 10.9 Å². The van der Waals surface area contributed by atoms with E-state index in [1.54, 1.807) is 0 Å². The molecule has 0 radical (unpaired) electrons. The van der Waals surface area contributed by atoms with Crippen LogP contribution in [0.5, 0.6) is 0 Å². The third kappa shape index (κ3) is 4.42. The normalized spacial score (nSPS) is 14.5. The number of rotatable bonds is 6. The van der Waals surface area contributed by atoms with Gasteiger partial charge in [-0.3, -0.25) is 4.79 Å². The summed E-state index contributed by atoms with van der Waals surface area (Å²) in [6, 6.07) is 5.63. The van der Waals surface area contributed by atoms with Crippen molar-refractivity contribution in [3.63, 3.8) is 0 Å². The molecule has 0 unspecified atom stereocenters. The Morgan fingerprint density at radius 1 is 1.05 bits per heavy atom. The topological polar surface area (TPSA) is 104 Å². The van der Waals surface area contributed by atoms with E-state index >= 15 is 0 Å². The van der Waals surface area contributed by atoms with Gasteiger partial charge in [-0.1, -0.05) is 6.07 Å². The van der Waals surface area contributed by atoms with Crippen molar-refractivity contribution in [2.24, 2.45) is 0 Å². The molecular weight excluding hydrogens is 513 g/mol. The van der Waals surface area contributed by atoms with E-state index in [4.69, 9.17) is 0 Å². The van der Waals surface area contributed by atoms with Crippen LogP contribution < -0.4 is 5.56 Å². The van der Waals surface area contributed by atoms with Crippen LogP contribution in [0.2, 0.25) is 0 Å². The molecule has 0 amide bonds. The maximum absolute atomic E-state index is 14.9. The lowest BCUT2D eigenvalue weighted by Gasteiger charge is -2.34. The van der Waals surface area contributed by atoms with Crippen LogP contribution in [0.3, 0.4) is 0 Å². The summed E-state index contributed by atoms with van der Waals surface area (Å²) in [6.45, 7) is 1.07. The van der Waals surface area contributed by atoms with Crippen LogP contribution in [0.15, 0.2) is 72.3 Å². The molecular formula is C24H18F5N7O2. The van der Waals surface area contributed by atoms with Gasteiger partial charge in [-0.2, -0.15) is 28.5 Å². The molecule has 3 aromatic heterocycles. The number of nitrogens with zero attached hydrogens (tertiary/aromatic N) is 7. The fourth-order valence-corrected chi connectivity index (χ4v) is 4.19. The summed E-state index contributed by atoms with van der Waals surface area (Å²) >= 11 is 0. The lowest BCUT2D eigenvalue weighted by molar-refractivity contribution is -0.137. The Hall–Kier alpha value is -4.46. The van der Waals surface area contributed by atoms with Crippen molar-refractivity contribution in [2.45, 2.75) is 31.3 Å². The largest absolute Gasteiger partial charge is 0.416 e. The third-order valence-corrected chi connectivity index (χ3v) is 6.26. The second-order valence-electron chi connectivity index (χ2n) is 8.63. The molecule has 0 spiro atoms. The van der Waals surface area contributed by atoms with Crippen LogP contribution in [0.25, 0.3) is 16.6 Å². The second-order valence-corrected chi connectivity index (χ2v) is 8.63. The lowest BCUT2D eigenvalue weighted by atomic mass is 9.86. The number of halogens is 5. The predicted octanol–water partition coefficient (Wildman–Crippen LogP) is 3.62. The van der Waals surface area contributed by atoms with Crippen molar-refractivity contribution < 1.29 is 27.1 Å². The lowest BCUT2D eigenvalue weighted by Crippen LogP contribution is -2.44. The molecule has 0 bridgehead atoms. The van der Waals surface area contributed by atoms with E-state index in [1.165, 1.54) is 53.5 Å². The fraction of sp³-hybridized carbons (Fsp3) is 0.208. The summed E-state index contributed by atoms with van der Waals surface area (Å²) in [7, 11) is 0. The van der Waals surface area contributed by atoms with Crippen LogP contribution >= 0.6 is 0 Å². The first-order chi connectivity index (χ1) is 18.0. The zero-order valence-corrected chi connectivity index (χ0v) is 19.5. The van der Waals surface area contributed by atoms with Crippen LogP contribution in [0, 0.1) is 11.6 Å². The highest BCUT2D eigenvalue weighted by Crippen LogP contribution is 2.36. The highest BCUT2D eigenvalue weighted by Gasteiger charge is 2.41. The average molecular weight is 531 g/mol. The fourth-order valence-electron chi connectivity index (χ4n) is 4.19. The molecule has 5 rings (SSSR count). The van der Waals surface area contributed by atoms with Gasteiger partial charge in [-0.05, 0) is 37.3 Å². The molecule has 2 atom stereocenters. The van der Waals surface area contributed by atoms with Gasteiger partial charge in [0.25, 0.3) is 5.56 Å². The van der Waals surface area contributed by atoms with Gasteiger partial charge in [0.1, 0.15) is 29.9 Å². The first-order valence-electron chi connectivity index (χ1n) is 11.1. The quantitative estimate of drug-likeness (QED) is 0.336. The first-order valence-corrected chi connectivity index (χ1v) is 11.1. The molecule has 0 saturated heterocycles. The Morgan fingerprint density at radius 3 is 2.42 bits per heavy atom. The Morgan fingerprint density at radius 2 is 1.79 bits per heavy atom. The van der Waals surface area contributed by atoms with Crippen molar-refractivity contribution in [3.05, 3.63) is 101 Å². The van der Waals surface area contributed by atoms with Crippen molar-refractivity contribution in [2.75, 3.05) is 0 Å². The molecule has 5 aromatic rings. The van der Waals surface area contributed by atoms with Crippen molar-refractivity contribution in [1.29, 1.82) is 0 Å². The molecule has 0 fully saturated rings. The highest BCUT2D eigenvalue weighted by atomic mass is 19.4. The molecule has 0 aliphatic rings. The van der Waals surface area contributed by atoms with E-state index in [0.29, 0.717) is 6.07 Å². The Labute approximate surface area is 210 Å². The molecule has 196 valence electrons. The van der Waals surface area contributed by atoms with E-state index in [2.05, 4.69) is 20.3 Å². The zero-order valence-electron chi connectivity index (χ0n) is 19.5. The third-order valence-electron chi connectivity index (χ3n) is 6.26. The minimum atomic E-state index is -4.51. The summed E-state index contributed by atoms with van der Waals surface area (Å²) in [4.78, 5) is 17.2. The monoisotopic (exact) mass is 531 g/mol. The van der Waals surface area contributed by atoms with Crippen LogP contribution in [-0.4, -0.2) is 39.4 Å². The van der Waals surface area contributed by atoms with Gasteiger partial charge >= 0.3 is 6.18 Å². The van der Waals surface area contributed by atoms with E-state index < -0.39 is 40.6 Å². The highest BCUT2D eigenvalue weighted by molar-refractivity contribution is 5.76. The van der Waals surface area contributed by atoms with Gasteiger partial charge in [0, 0.05) is 23.2 Å². The number of hydrogen-bond donors (Lipinski definition) is 1. The maximum atomic E-state index is 14.9. The number of benzene rings is 2. The number of alkyl halides is 3. The molecule has 9 nitrogen and oxygen atoms in total. The van der Waals surface area contributed by atoms with Crippen LogP contribution in [-0.2, 0) is 18.3 Å². The van der Waals surface area contributed by atoms with Crippen molar-refractivity contribution in [3.8, 4) is 5.69 Å². The van der Waals surface area contributed by atoms with Gasteiger partial charge in [0.2, 0.25) is 0 Å². The van der Waals surface area contributed by atoms with Gasteiger partial charge in [0.05, 0.1) is 30.0 Å². The summed E-state index contributed by atoms with van der Waals surface area (Å²) in [5.41, 5.74) is -3.85. The first kappa shape index (κ1) is 25.2. The zero-order chi connectivity index (χ0) is 27.2. The Balaban J connectivity index is 1.58. The van der Waals surface area contributed by atoms with E-state index in [1.807, 2.05) is 0 Å². The molecule has 38 heavy (non-hydrogen) atoms. The van der Waals surface area contributed by atoms with Crippen LogP contribution in [0.4, 0.5) is 22.0 Å². The van der Waals surface area contributed by atoms with E-state index in [0.717, 1.165) is 28.9 Å². The smallest absolute Gasteiger partial charge is 0.381 e. The maximum Gasteiger partial charge on any atom is 0.416 e. The number of hydrogen-bond acceptors (Lipinski definition) is 6. The second kappa shape index (κ2) is 9.13. The molecule has 0 aliphatic carbocycles. The minimum Gasteiger partial charge on any atom is -0.381 e. The SMILES string of the molecule is C[C@@H](n1ncc2cn(-c3ccc(C(F)(F)F)cc3)nc2c1=O)[C@](O)(Cn1cncn1)c1ccc(F)cc1F. The summed E-state index contributed by atoms with van der Waals surface area (Å²) < 4.78 is 70.5. The Bertz CT molecular complexity index is 1660. The van der Waals surface area contributed by atoms with Gasteiger partial charge in [0.15, 0.2) is 5.52 Å². The standard InChI is InChI=1S/C24H18F5N7O2/c1-14(23(38,11-34-13-30-12-32-34)19-7-4-17(25)8-20(19)26)36-22(37)21-15(9-31-36)10-35(33-21)18-5-2-16(3-6-18)24(27,28)29/h2-10,12-14,38H,11H2,1H3/t14-,23-/m1/s1. The van der Waals surface area contributed by atoms with E-state index in [-0.39, 0.29) is 28.7 Å². The van der Waals surface area contributed by atoms with Crippen molar-refractivity contribution in [1.82, 2.24) is 34.3 Å². The molecule has 3 heterocycles. The molecule has 2 aromatic carbocycles. The Kier molecular flexibility index (Phi) is 6.06. The molecule has 1 N–H and O–H groups in total. The number of aliphatic hydroxyl groups is 1.